The van der Waals surface area contributed by atoms with Gasteiger partial charge in [-0.05, 0) is 53.0 Å². The number of benzene rings is 1. The van der Waals surface area contributed by atoms with Crippen molar-refractivity contribution in [2.45, 2.75) is 18.9 Å². The highest BCUT2D eigenvalue weighted by Gasteiger charge is 2.34. The fourth-order valence-electron chi connectivity index (χ4n) is 2.84. The van der Waals surface area contributed by atoms with Crippen LogP contribution < -0.4 is 16.2 Å². The quantitative estimate of drug-likeness (QED) is 0.648. The molecular formula is C18H18BrN5O3. The minimum absolute atomic E-state index is 0.284. The summed E-state index contributed by atoms with van der Waals surface area (Å²) in [6, 6.07) is 9.18. The minimum atomic E-state index is -0.606. The first-order valence-corrected chi connectivity index (χ1v) is 9.18. The van der Waals surface area contributed by atoms with Crippen LogP contribution in [0.4, 0.5) is 10.5 Å². The summed E-state index contributed by atoms with van der Waals surface area (Å²) in [4.78, 5) is 42.4. The Labute approximate surface area is 164 Å². The van der Waals surface area contributed by atoms with Crippen molar-refractivity contribution in [3.05, 3.63) is 58.8 Å². The van der Waals surface area contributed by atoms with E-state index in [1.54, 1.807) is 42.6 Å². The second-order valence-corrected chi connectivity index (χ2v) is 6.80. The molecule has 1 atom stereocenters. The maximum Gasteiger partial charge on any atom is 0.336 e. The van der Waals surface area contributed by atoms with Crippen molar-refractivity contribution in [2.75, 3.05) is 11.9 Å². The number of carbonyl (C=O) groups is 3. The van der Waals surface area contributed by atoms with Crippen LogP contribution in [0.5, 0.6) is 0 Å². The lowest BCUT2D eigenvalue weighted by Crippen LogP contribution is -2.52. The largest absolute Gasteiger partial charge is 0.336 e. The normalized spacial score (nSPS) is 15.9. The van der Waals surface area contributed by atoms with E-state index in [1.807, 2.05) is 0 Å². The van der Waals surface area contributed by atoms with Crippen LogP contribution in [-0.4, -0.2) is 40.3 Å². The van der Waals surface area contributed by atoms with Gasteiger partial charge in [0.05, 0.1) is 17.4 Å². The molecule has 2 heterocycles. The van der Waals surface area contributed by atoms with Gasteiger partial charge in [-0.15, -0.1) is 0 Å². The average molecular weight is 432 g/mol. The summed E-state index contributed by atoms with van der Waals surface area (Å²) in [6.45, 7) is 0.432. The number of likely N-dealkylation sites (tertiary alicyclic amines) is 1. The van der Waals surface area contributed by atoms with Crippen LogP contribution in [0, 0.1) is 0 Å². The van der Waals surface area contributed by atoms with Crippen LogP contribution in [-0.2, 0) is 4.79 Å². The molecule has 0 aliphatic carbocycles. The molecule has 0 radical (unpaired) electrons. The second kappa shape index (κ2) is 8.63. The molecule has 4 amide bonds. The third-order valence-corrected chi connectivity index (χ3v) is 4.84. The van der Waals surface area contributed by atoms with Gasteiger partial charge in [0.2, 0.25) is 5.91 Å². The Morgan fingerprint density at radius 1 is 1.11 bits per heavy atom. The topological polar surface area (TPSA) is 103 Å². The lowest BCUT2D eigenvalue weighted by atomic mass is 10.2. The molecule has 27 heavy (non-hydrogen) atoms. The molecule has 3 N–H and O–H groups in total. The molecule has 0 bridgehead atoms. The molecule has 0 spiro atoms. The lowest BCUT2D eigenvalue weighted by Gasteiger charge is -2.24. The summed E-state index contributed by atoms with van der Waals surface area (Å²) in [5, 5.41) is 2.75. The number of nitrogens with zero attached hydrogens (tertiary/aromatic N) is 2. The van der Waals surface area contributed by atoms with Crippen LogP contribution in [0.3, 0.4) is 0 Å². The molecule has 1 aliphatic heterocycles. The highest BCUT2D eigenvalue weighted by Crippen LogP contribution is 2.19. The first kappa shape index (κ1) is 18.8. The summed E-state index contributed by atoms with van der Waals surface area (Å²) >= 11 is 3.29. The standard InChI is InChI=1S/C18H18BrN5O3/c19-14-7-2-1-6-13(14)16(25)22-23-18(27)24-10-4-8-15(24)17(26)21-12-5-3-9-20-11-12/h1-3,5-7,9,11,15H,4,8,10H2,(H,21,26)(H,22,25)(H,23,27)/t15-/m0/s1. The number of anilines is 1. The molecule has 1 saturated heterocycles. The van der Waals surface area contributed by atoms with Gasteiger partial charge in [-0.25, -0.2) is 10.2 Å². The lowest BCUT2D eigenvalue weighted by molar-refractivity contribution is -0.119. The Balaban J connectivity index is 1.58. The molecule has 1 fully saturated rings. The van der Waals surface area contributed by atoms with Crippen LogP contribution in [0.1, 0.15) is 23.2 Å². The number of nitrogens with one attached hydrogen (secondary N) is 3. The monoisotopic (exact) mass is 431 g/mol. The van der Waals surface area contributed by atoms with Crippen LogP contribution in [0.2, 0.25) is 0 Å². The Morgan fingerprint density at radius 3 is 2.67 bits per heavy atom. The first-order valence-electron chi connectivity index (χ1n) is 8.38. The first-order chi connectivity index (χ1) is 13.1. The van der Waals surface area contributed by atoms with E-state index in [1.165, 1.54) is 11.1 Å². The maximum atomic E-state index is 12.5. The zero-order valence-corrected chi connectivity index (χ0v) is 15.9. The van der Waals surface area contributed by atoms with Crippen molar-refractivity contribution in [2.24, 2.45) is 0 Å². The van der Waals surface area contributed by atoms with Gasteiger partial charge in [0.15, 0.2) is 0 Å². The van der Waals surface area contributed by atoms with Crippen molar-refractivity contribution in [1.29, 1.82) is 0 Å². The third kappa shape index (κ3) is 4.62. The van der Waals surface area contributed by atoms with Gasteiger partial charge in [-0.3, -0.25) is 20.0 Å². The number of urea groups is 1. The number of pyridine rings is 1. The molecular weight excluding hydrogens is 414 g/mol. The van der Waals surface area contributed by atoms with Crippen molar-refractivity contribution >= 4 is 39.5 Å². The summed E-state index contributed by atoms with van der Waals surface area (Å²) in [5.41, 5.74) is 5.71. The molecule has 0 unspecified atom stereocenters. The summed E-state index contributed by atoms with van der Waals surface area (Å²) < 4.78 is 0.617. The molecule has 140 valence electrons. The zero-order chi connectivity index (χ0) is 19.2. The van der Waals surface area contributed by atoms with Crippen LogP contribution >= 0.6 is 15.9 Å². The molecule has 1 aromatic heterocycles. The van der Waals surface area contributed by atoms with Gasteiger partial charge in [0.1, 0.15) is 6.04 Å². The molecule has 2 aromatic rings. The highest BCUT2D eigenvalue weighted by molar-refractivity contribution is 9.10. The van der Waals surface area contributed by atoms with Gasteiger partial charge in [0, 0.05) is 17.2 Å². The molecule has 1 aliphatic rings. The summed E-state index contributed by atoms with van der Waals surface area (Å²) in [5.74, 6) is -0.737. The number of halogens is 1. The van der Waals surface area contributed by atoms with Gasteiger partial charge >= 0.3 is 6.03 Å². The Hall–Kier alpha value is -2.94. The molecule has 1 aromatic carbocycles. The maximum absolute atomic E-state index is 12.5. The molecule has 3 rings (SSSR count). The SMILES string of the molecule is O=C(NNC(=O)N1CCC[C@H]1C(=O)Nc1cccnc1)c1ccccc1Br. The third-order valence-electron chi connectivity index (χ3n) is 4.15. The summed E-state index contributed by atoms with van der Waals surface area (Å²) in [6.07, 6.45) is 4.41. The van der Waals surface area contributed by atoms with Crippen LogP contribution in [0.25, 0.3) is 0 Å². The number of aromatic nitrogens is 1. The Bertz CT molecular complexity index is 846. The number of hydrazine groups is 1. The predicted molar refractivity (Wildman–Crippen MR) is 103 cm³/mol. The van der Waals surface area contributed by atoms with E-state index in [0.717, 1.165) is 0 Å². The smallest absolute Gasteiger partial charge is 0.323 e. The van der Waals surface area contributed by atoms with Crippen molar-refractivity contribution in [3.8, 4) is 0 Å². The van der Waals surface area contributed by atoms with Gasteiger partial charge in [-0.1, -0.05) is 12.1 Å². The Kier molecular flexibility index (Phi) is 6.02. The molecule has 0 saturated carbocycles. The fraction of sp³-hybridized carbons (Fsp3) is 0.222. The van der Waals surface area contributed by atoms with Gasteiger partial charge in [-0.2, -0.15) is 0 Å². The predicted octanol–water partition coefficient (Wildman–Crippen LogP) is 2.30. The van der Waals surface area contributed by atoms with E-state index in [4.69, 9.17) is 0 Å². The number of amides is 4. The van der Waals surface area contributed by atoms with E-state index in [9.17, 15) is 14.4 Å². The molecule has 8 nitrogen and oxygen atoms in total. The van der Waals surface area contributed by atoms with Crippen molar-refractivity contribution in [3.63, 3.8) is 0 Å². The highest BCUT2D eigenvalue weighted by atomic mass is 79.9. The van der Waals surface area contributed by atoms with Crippen molar-refractivity contribution in [1.82, 2.24) is 20.7 Å². The van der Waals surface area contributed by atoms with E-state index in [0.29, 0.717) is 35.1 Å². The Morgan fingerprint density at radius 2 is 1.93 bits per heavy atom. The van der Waals surface area contributed by atoms with Gasteiger partial charge < -0.3 is 10.2 Å². The summed E-state index contributed by atoms with van der Waals surface area (Å²) in [7, 11) is 0. The second-order valence-electron chi connectivity index (χ2n) is 5.95. The minimum Gasteiger partial charge on any atom is -0.323 e. The number of hydrogen-bond donors (Lipinski definition) is 3. The number of carbonyl (C=O) groups excluding carboxylic acids is 3. The number of hydrogen-bond acceptors (Lipinski definition) is 4. The van der Waals surface area contributed by atoms with Gasteiger partial charge in [0.25, 0.3) is 5.91 Å². The van der Waals surface area contributed by atoms with E-state index < -0.39 is 18.0 Å². The average Bonchev–Trinajstić information content (AvgIpc) is 3.17. The molecule has 9 heteroatoms. The van der Waals surface area contributed by atoms with E-state index in [-0.39, 0.29) is 5.91 Å². The number of rotatable bonds is 3. The van der Waals surface area contributed by atoms with E-state index in [2.05, 4.69) is 37.1 Å². The fourth-order valence-corrected chi connectivity index (χ4v) is 3.30. The van der Waals surface area contributed by atoms with Crippen LogP contribution in [0.15, 0.2) is 53.3 Å². The van der Waals surface area contributed by atoms with Crippen molar-refractivity contribution < 1.29 is 14.4 Å². The van der Waals surface area contributed by atoms with E-state index >= 15 is 0 Å². The zero-order valence-electron chi connectivity index (χ0n) is 14.3.